The van der Waals surface area contributed by atoms with Crippen LogP contribution in [0.2, 0.25) is 0 Å². The molecule has 0 radical (unpaired) electrons. The number of ether oxygens (including phenoxy) is 1. The molecule has 1 aliphatic rings. The van der Waals surface area contributed by atoms with Gasteiger partial charge in [-0.1, -0.05) is 141 Å². The maximum Gasteiger partial charge on any atom is 0.0810 e. The van der Waals surface area contributed by atoms with E-state index in [1.165, 1.54) is 154 Å². The van der Waals surface area contributed by atoms with Crippen LogP contribution in [0.15, 0.2) is 0 Å². The normalized spacial score (nSPS) is 15.8. The van der Waals surface area contributed by atoms with Crippen molar-refractivity contribution < 1.29 is 4.74 Å². The van der Waals surface area contributed by atoms with Crippen LogP contribution >= 0.6 is 11.6 Å². The van der Waals surface area contributed by atoms with Crippen molar-refractivity contribution in [2.75, 3.05) is 12.5 Å². The van der Waals surface area contributed by atoms with Crippen LogP contribution in [0.25, 0.3) is 0 Å². The van der Waals surface area contributed by atoms with Gasteiger partial charge in [0.1, 0.15) is 0 Å². The van der Waals surface area contributed by atoms with Gasteiger partial charge in [0.2, 0.25) is 0 Å². The molecular formula is C27H53ClO. The molecular weight excluding hydrogens is 376 g/mol. The van der Waals surface area contributed by atoms with E-state index in [-0.39, 0.29) is 0 Å². The van der Waals surface area contributed by atoms with E-state index in [1.54, 1.807) is 0 Å². The standard InChI is InChI=1S/C27H53ClO/c28-25-23-21-19-17-15-13-11-9-7-5-3-1-2-4-6-8-10-12-14-16-18-20-22-24-27-26-29-27/h27H,1-26H2. The first-order chi connectivity index (χ1) is 14.4. The molecule has 0 amide bonds. The summed E-state index contributed by atoms with van der Waals surface area (Å²) in [5, 5.41) is 0. The van der Waals surface area contributed by atoms with E-state index in [9.17, 15) is 0 Å². The summed E-state index contributed by atoms with van der Waals surface area (Å²) in [6.07, 6.45) is 35.1. The Morgan fingerprint density at radius 2 is 0.655 bits per heavy atom. The molecule has 1 rings (SSSR count). The zero-order chi connectivity index (χ0) is 20.7. The van der Waals surface area contributed by atoms with Gasteiger partial charge in [-0.15, -0.1) is 11.6 Å². The first-order valence-electron chi connectivity index (χ1n) is 13.6. The zero-order valence-corrected chi connectivity index (χ0v) is 20.5. The summed E-state index contributed by atoms with van der Waals surface area (Å²) in [7, 11) is 0. The summed E-state index contributed by atoms with van der Waals surface area (Å²) in [5.74, 6) is 0.845. The molecule has 1 fully saturated rings. The van der Waals surface area contributed by atoms with Gasteiger partial charge >= 0.3 is 0 Å². The Balaban J connectivity index is 1.58. The van der Waals surface area contributed by atoms with Crippen molar-refractivity contribution in [3.63, 3.8) is 0 Å². The molecule has 0 aliphatic carbocycles. The van der Waals surface area contributed by atoms with Crippen molar-refractivity contribution in [3.8, 4) is 0 Å². The summed E-state index contributed by atoms with van der Waals surface area (Å²) in [4.78, 5) is 0. The monoisotopic (exact) mass is 428 g/mol. The highest BCUT2D eigenvalue weighted by Crippen LogP contribution is 2.19. The van der Waals surface area contributed by atoms with Gasteiger partial charge in [0, 0.05) is 5.88 Å². The van der Waals surface area contributed by atoms with Gasteiger partial charge < -0.3 is 4.74 Å². The Morgan fingerprint density at radius 3 is 0.897 bits per heavy atom. The fraction of sp³-hybridized carbons (Fsp3) is 1.00. The predicted molar refractivity (Wildman–Crippen MR) is 131 cm³/mol. The second kappa shape index (κ2) is 22.9. The lowest BCUT2D eigenvalue weighted by atomic mass is 10.0. The average Bonchev–Trinajstić information content (AvgIpc) is 3.55. The SMILES string of the molecule is ClCCCCCCCCCCCCCCCCCCCCCCCCCC1CO1. The van der Waals surface area contributed by atoms with Crippen LogP contribution in [0, 0.1) is 0 Å². The minimum Gasteiger partial charge on any atom is -0.373 e. The van der Waals surface area contributed by atoms with E-state index in [1.807, 2.05) is 0 Å². The molecule has 1 aliphatic heterocycles. The Kier molecular flexibility index (Phi) is 21.6. The van der Waals surface area contributed by atoms with Crippen LogP contribution in [0.3, 0.4) is 0 Å². The molecule has 174 valence electrons. The minimum atomic E-state index is 0.645. The molecule has 1 atom stereocenters. The molecule has 0 N–H and O–H groups in total. The lowest BCUT2D eigenvalue weighted by Crippen LogP contribution is -1.86. The number of alkyl halides is 1. The van der Waals surface area contributed by atoms with E-state index < -0.39 is 0 Å². The summed E-state index contributed by atoms with van der Waals surface area (Å²) >= 11 is 5.70. The second-order valence-electron chi connectivity index (χ2n) is 9.56. The Morgan fingerprint density at radius 1 is 0.414 bits per heavy atom. The molecule has 1 saturated heterocycles. The van der Waals surface area contributed by atoms with Crippen molar-refractivity contribution in [2.45, 2.75) is 160 Å². The average molecular weight is 429 g/mol. The van der Waals surface area contributed by atoms with Gasteiger partial charge in [0.15, 0.2) is 0 Å². The summed E-state index contributed by atoms with van der Waals surface area (Å²) in [6, 6.07) is 0. The number of epoxide rings is 1. The number of halogens is 1. The molecule has 2 heteroatoms. The van der Waals surface area contributed by atoms with Gasteiger partial charge in [-0.2, -0.15) is 0 Å². The lowest BCUT2D eigenvalue weighted by molar-refractivity contribution is 0.387. The molecule has 1 unspecified atom stereocenters. The Labute approximate surface area is 189 Å². The largest absolute Gasteiger partial charge is 0.373 e. The summed E-state index contributed by atoms with van der Waals surface area (Å²) < 4.78 is 5.26. The molecule has 0 aromatic carbocycles. The molecule has 0 bridgehead atoms. The molecule has 0 aromatic rings. The topological polar surface area (TPSA) is 12.5 Å². The number of hydrogen-bond donors (Lipinski definition) is 0. The van der Waals surface area contributed by atoms with Crippen molar-refractivity contribution >= 4 is 11.6 Å². The van der Waals surface area contributed by atoms with Gasteiger partial charge in [-0.25, -0.2) is 0 Å². The predicted octanol–water partition coefficient (Wildman–Crippen LogP) is 9.99. The summed E-state index contributed by atoms with van der Waals surface area (Å²) in [6.45, 7) is 1.04. The van der Waals surface area contributed by atoms with E-state index in [4.69, 9.17) is 16.3 Å². The van der Waals surface area contributed by atoms with Crippen molar-refractivity contribution in [2.24, 2.45) is 0 Å². The van der Waals surface area contributed by atoms with Crippen molar-refractivity contribution in [3.05, 3.63) is 0 Å². The van der Waals surface area contributed by atoms with E-state index in [0.29, 0.717) is 6.10 Å². The van der Waals surface area contributed by atoms with Gasteiger partial charge in [-0.05, 0) is 12.8 Å². The molecule has 0 spiro atoms. The fourth-order valence-corrected chi connectivity index (χ4v) is 4.60. The molecule has 1 heterocycles. The number of hydrogen-bond acceptors (Lipinski definition) is 1. The van der Waals surface area contributed by atoms with E-state index in [2.05, 4.69) is 0 Å². The third kappa shape index (κ3) is 22.8. The molecule has 0 saturated carbocycles. The first-order valence-corrected chi connectivity index (χ1v) is 14.1. The van der Waals surface area contributed by atoms with Crippen LogP contribution in [0.5, 0.6) is 0 Å². The van der Waals surface area contributed by atoms with Crippen molar-refractivity contribution in [1.82, 2.24) is 0 Å². The zero-order valence-electron chi connectivity index (χ0n) is 19.7. The van der Waals surface area contributed by atoms with Gasteiger partial charge in [0.25, 0.3) is 0 Å². The van der Waals surface area contributed by atoms with Crippen LogP contribution in [-0.2, 0) is 4.74 Å². The van der Waals surface area contributed by atoms with Gasteiger partial charge in [-0.3, -0.25) is 0 Å². The van der Waals surface area contributed by atoms with Crippen LogP contribution in [-0.4, -0.2) is 18.6 Å². The quantitative estimate of drug-likeness (QED) is 0.0799. The van der Waals surface area contributed by atoms with Crippen molar-refractivity contribution in [1.29, 1.82) is 0 Å². The van der Waals surface area contributed by atoms with Crippen LogP contribution in [0.4, 0.5) is 0 Å². The van der Waals surface area contributed by atoms with Crippen LogP contribution < -0.4 is 0 Å². The summed E-state index contributed by atoms with van der Waals surface area (Å²) in [5.41, 5.74) is 0. The fourth-order valence-electron chi connectivity index (χ4n) is 4.41. The lowest BCUT2D eigenvalue weighted by Gasteiger charge is -2.04. The molecule has 29 heavy (non-hydrogen) atoms. The highest BCUT2D eigenvalue weighted by molar-refractivity contribution is 6.17. The highest BCUT2D eigenvalue weighted by atomic mass is 35.5. The number of rotatable bonds is 25. The van der Waals surface area contributed by atoms with Crippen LogP contribution in [0.1, 0.15) is 154 Å². The first kappa shape index (κ1) is 27.3. The highest BCUT2D eigenvalue weighted by Gasteiger charge is 2.20. The number of unbranched alkanes of at least 4 members (excludes halogenated alkanes) is 22. The van der Waals surface area contributed by atoms with Gasteiger partial charge in [0.05, 0.1) is 12.7 Å². The third-order valence-electron chi connectivity index (χ3n) is 6.56. The third-order valence-corrected chi connectivity index (χ3v) is 6.83. The molecule has 1 nitrogen and oxygen atoms in total. The Hall–Kier alpha value is 0.250. The van der Waals surface area contributed by atoms with E-state index in [0.717, 1.165) is 12.5 Å². The minimum absolute atomic E-state index is 0.645. The maximum absolute atomic E-state index is 5.70. The maximum atomic E-state index is 5.70. The smallest absolute Gasteiger partial charge is 0.0810 e. The Bertz CT molecular complexity index is 303. The molecule has 0 aromatic heterocycles. The second-order valence-corrected chi connectivity index (χ2v) is 9.94. The van der Waals surface area contributed by atoms with E-state index >= 15 is 0 Å².